The zero-order valence-electron chi connectivity index (χ0n) is 13.7. The topological polar surface area (TPSA) is 53.2 Å². The zero-order chi connectivity index (χ0) is 16.4. The number of carbonyl (C=O) groups excluding carboxylic acids is 1. The Bertz CT molecular complexity index is 729. The third kappa shape index (κ3) is 3.21. The molecular formula is C20H23N3O. The van der Waals surface area contributed by atoms with Crippen molar-refractivity contribution in [1.82, 2.24) is 16.2 Å². The first kappa shape index (κ1) is 15.4. The quantitative estimate of drug-likeness (QED) is 0.810. The van der Waals surface area contributed by atoms with E-state index < -0.39 is 0 Å². The smallest absolute Gasteiger partial charge is 0.238 e. The molecule has 3 N–H and O–H groups in total. The van der Waals surface area contributed by atoms with E-state index in [-0.39, 0.29) is 18.0 Å². The maximum atomic E-state index is 12.4. The Hall–Kier alpha value is -2.17. The van der Waals surface area contributed by atoms with Gasteiger partial charge in [-0.05, 0) is 47.9 Å². The molecule has 1 aliphatic carbocycles. The average molecular weight is 321 g/mol. The van der Waals surface area contributed by atoms with Crippen molar-refractivity contribution >= 4 is 5.91 Å². The molecule has 2 atom stereocenters. The van der Waals surface area contributed by atoms with E-state index >= 15 is 0 Å². The van der Waals surface area contributed by atoms with Crippen molar-refractivity contribution in [3.8, 4) is 0 Å². The number of benzene rings is 2. The molecule has 24 heavy (non-hydrogen) atoms. The number of hydrogen-bond donors (Lipinski definition) is 3. The van der Waals surface area contributed by atoms with Crippen LogP contribution in [0, 0.1) is 0 Å². The highest BCUT2D eigenvalue weighted by molar-refractivity contribution is 5.82. The van der Waals surface area contributed by atoms with Crippen molar-refractivity contribution in [1.29, 1.82) is 0 Å². The van der Waals surface area contributed by atoms with E-state index in [9.17, 15) is 4.79 Å². The SMILES string of the molecule is O=C(NCc1ccc2c(c1)CCC2)C1CC(c2ccccc2)NN1. The third-order valence-electron chi connectivity index (χ3n) is 5.05. The summed E-state index contributed by atoms with van der Waals surface area (Å²) >= 11 is 0. The Kier molecular flexibility index (Phi) is 4.32. The summed E-state index contributed by atoms with van der Waals surface area (Å²) in [5, 5.41) is 3.06. The second kappa shape index (κ2) is 6.75. The van der Waals surface area contributed by atoms with Gasteiger partial charge in [0, 0.05) is 12.6 Å². The molecule has 1 saturated heterocycles. The maximum absolute atomic E-state index is 12.4. The van der Waals surface area contributed by atoms with Gasteiger partial charge in [-0.3, -0.25) is 4.79 Å². The summed E-state index contributed by atoms with van der Waals surface area (Å²) in [6, 6.07) is 16.8. The minimum absolute atomic E-state index is 0.0569. The van der Waals surface area contributed by atoms with Crippen LogP contribution in [0.5, 0.6) is 0 Å². The average Bonchev–Trinajstić information content (AvgIpc) is 3.29. The summed E-state index contributed by atoms with van der Waals surface area (Å²) < 4.78 is 0. The van der Waals surface area contributed by atoms with E-state index in [0.29, 0.717) is 6.54 Å². The predicted molar refractivity (Wildman–Crippen MR) is 94.2 cm³/mol. The molecule has 4 rings (SSSR count). The molecule has 1 fully saturated rings. The number of nitrogens with one attached hydrogen (secondary N) is 3. The lowest BCUT2D eigenvalue weighted by Crippen LogP contribution is -2.42. The largest absolute Gasteiger partial charge is 0.351 e. The number of amides is 1. The van der Waals surface area contributed by atoms with E-state index in [0.717, 1.165) is 6.42 Å². The van der Waals surface area contributed by atoms with Crippen LogP contribution in [-0.2, 0) is 24.2 Å². The zero-order valence-corrected chi connectivity index (χ0v) is 13.7. The molecule has 0 saturated carbocycles. The Labute approximate surface area is 142 Å². The van der Waals surface area contributed by atoms with Gasteiger partial charge in [-0.1, -0.05) is 48.5 Å². The monoisotopic (exact) mass is 321 g/mol. The number of rotatable bonds is 4. The van der Waals surface area contributed by atoms with Gasteiger partial charge >= 0.3 is 0 Å². The van der Waals surface area contributed by atoms with Gasteiger partial charge in [-0.2, -0.15) is 0 Å². The first-order chi connectivity index (χ1) is 11.8. The molecule has 4 nitrogen and oxygen atoms in total. The second-order valence-electron chi connectivity index (χ2n) is 6.71. The molecule has 0 spiro atoms. The van der Waals surface area contributed by atoms with Crippen LogP contribution in [0.15, 0.2) is 48.5 Å². The molecular weight excluding hydrogens is 298 g/mol. The minimum Gasteiger partial charge on any atom is -0.351 e. The van der Waals surface area contributed by atoms with Crippen molar-refractivity contribution in [3.05, 3.63) is 70.8 Å². The Balaban J connectivity index is 1.32. The molecule has 2 aliphatic rings. The van der Waals surface area contributed by atoms with Crippen LogP contribution < -0.4 is 16.2 Å². The molecule has 2 unspecified atom stereocenters. The van der Waals surface area contributed by atoms with E-state index in [1.165, 1.54) is 41.5 Å². The predicted octanol–water partition coefficient (Wildman–Crippen LogP) is 2.40. The van der Waals surface area contributed by atoms with Crippen LogP contribution in [0.4, 0.5) is 0 Å². The van der Waals surface area contributed by atoms with E-state index in [1.54, 1.807) is 0 Å². The molecule has 0 bridgehead atoms. The molecule has 0 aromatic heterocycles. The lowest BCUT2D eigenvalue weighted by atomic mass is 10.0. The van der Waals surface area contributed by atoms with Gasteiger partial charge in [-0.15, -0.1) is 0 Å². The van der Waals surface area contributed by atoms with Gasteiger partial charge in [0.1, 0.15) is 6.04 Å². The highest BCUT2D eigenvalue weighted by Crippen LogP contribution is 2.23. The van der Waals surface area contributed by atoms with Gasteiger partial charge in [0.15, 0.2) is 0 Å². The fourth-order valence-electron chi connectivity index (χ4n) is 3.68. The van der Waals surface area contributed by atoms with Crippen molar-refractivity contribution in [2.45, 2.75) is 44.3 Å². The number of hydrogen-bond acceptors (Lipinski definition) is 3. The fraction of sp³-hybridized carbons (Fsp3) is 0.350. The van der Waals surface area contributed by atoms with Crippen molar-refractivity contribution in [3.63, 3.8) is 0 Å². The number of carbonyl (C=O) groups is 1. The molecule has 4 heteroatoms. The van der Waals surface area contributed by atoms with Gasteiger partial charge in [-0.25, -0.2) is 10.9 Å². The Morgan fingerprint density at radius 1 is 1.04 bits per heavy atom. The molecule has 124 valence electrons. The number of hydrazine groups is 1. The lowest BCUT2D eigenvalue weighted by molar-refractivity contribution is -0.123. The van der Waals surface area contributed by atoms with E-state index in [1.807, 2.05) is 18.2 Å². The maximum Gasteiger partial charge on any atom is 0.238 e. The lowest BCUT2D eigenvalue weighted by Gasteiger charge is -2.11. The van der Waals surface area contributed by atoms with Crippen LogP contribution in [-0.4, -0.2) is 11.9 Å². The summed E-state index contributed by atoms with van der Waals surface area (Å²) in [7, 11) is 0. The van der Waals surface area contributed by atoms with Crippen LogP contribution >= 0.6 is 0 Å². The highest BCUT2D eigenvalue weighted by atomic mass is 16.2. The molecule has 1 heterocycles. The van der Waals surface area contributed by atoms with Crippen LogP contribution in [0.1, 0.15) is 41.1 Å². The Morgan fingerprint density at radius 2 is 1.88 bits per heavy atom. The summed E-state index contributed by atoms with van der Waals surface area (Å²) in [4.78, 5) is 12.4. The third-order valence-corrected chi connectivity index (χ3v) is 5.05. The van der Waals surface area contributed by atoms with Gasteiger partial charge in [0.2, 0.25) is 5.91 Å². The number of aryl methyl sites for hydroxylation is 2. The molecule has 1 amide bonds. The molecule has 2 aromatic rings. The van der Waals surface area contributed by atoms with Gasteiger partial charge < -0.3 is 5.32 Å². The van der Waals surface area contributed by atoms with Crippen molar-refractivity contribution in [2.75, 3.05) is 0 Å². The second-order valence-corrected chi connectivity index (χ2v) is 6.71. The van der Waals surface area contributed by atoms with E-state index in [4.69, 9.17) is 0 Å². The molecule has 2 aromatic carbocycles. The Morgan fingerprint density at radius 3 is 2.75 bits per heavy atom. The first-order valence-corrected chi connectivity index (χ1v) is 8.74. The van der Waals surface area contributed by atoms with Crippen LogP contribution in [0.25, 0.3) is 0 Å². The standard InChI is InChI=1S/C20H23N3O/c24-20(19-12-18(22-23-19)16-5-2-1-3-6-16)21-13-14-9-10-15-7-4-8-17(15)11-14/h1-3,5-6,9-11,18-19,22-23H,4,7-8,12-13H2,(H,21,24). The van der Waals surface area contributed by atoms with E-state index in [2.05, 4.69) is 46.5 Å². The first-order valence-electron chi connectivity index (χ1n) is 8.74. The van der Waals surface area contributed by atoms with Gasteiger partial charge in [0.25, 0.3) is 0 Å². The summed E-state index contributed by atoms with van der Waals surface area (Å²) in [6.07, 6.45) is 4.38. The summed E-state index contributed by atoms with van der Waals surface area (Å²) in [5.74, 6) is 0.0569. The minimum atomic E-state index is -0.190. The molecule has 1 aliphatic heterocycles. The summed E-state index contributed by atoms with van der Waals surface area (Å²) in [5.41, 5.74) is 11.7. The van der Waals surface area contributed by atoms with Crippen molar-refractivity contribution < 1.29 is 4.79 Å². The highest BCUT2D eigenvalue weighted by Gasteiger charge is 2.29. The summed E-state index contributed by atoms with van der Waals surface area (Å²) in [6.45, 7) is 0.598. The number of fused-ring (bicyclic) bond motifs is 1. The fourth-order valence-corrected chi connectivity index (χ4v) is 3.68. The molecule has 0 radical (unpaired) electrons. The normalized spacial score (nSPS) is 22.3. The van der Waals surface area contributed by atoms with Crippen LogP contribution in [0.3, 0.4) is 0 Å². The van der Waals surface area contributed by atoms with Gasteiger partial charge in [0.05, 0.1) is 0 Å². The van der Waals surface area contributed by atoms with Crippen LogP contribution in [0.2, 0.25) is 0 Å². The van der Waals surface area contributed by atoms with Crippen molar-refractivity contribution in [2.24, 2.45) is 0 Å².